The molecule has 1 N–H and O–H groups in total. The molecule has 1 aliphatic heterocycles. The molecule has 1 fully saturated rings. The summed E-state index contributed by atoms with van der Waals surface area (Å²) in [6, 6.07) is 11.9. The number of nitrogens with zero attached hydrogens (tertiary/aromatic N) is 2. The highest BCUT2D eigenvalue weighted by Gasteiger charge is 2.33. The fourth-order valence-corrected chi connectivity index (χ4v) is 4.11. The summed E-state index contributed by atoms with van der Waals surface area (Å²) in [6.45, 7) is 6.67. The van der Waals surface area contributed by atoms with Crippen molar-refractivity contribution in [1.82, 2.24) is 4.90 Å². The SMILES string of the molecule is C=CCN1C(=O)/C(=C/c2ccc(OCCCC)c(OC)c2)SC1=Nc1ccccc1C(=O)O. The Morgan fingerprint density at radius 2 is 2.03 bits per heavy atom. The van der Waals surface area contributed by atoms with Gasteiger partial charge in [0.1, 0.15) is 0 Å². The minimum Gasteiger partial charge on any atom is -0.493 e. The number of amidine groups is 1. The Hall–Kier alpha value is -3.52. The van der Waals surface area contributed by atoms with Crippen molar-refractivity contribution in [3.05, 3.63) is 71.2 Å². The summed E-state index contributed by atoms with van der Waals surface area (Å²) in [5.41, 5.74) is 1.12. The van der Waals surface area contributed by atoms with Crippen LogP contribution >= 0.6 is 11.8 Å². The van der Waals surface area contributed by atoms with Crippen LogP contribution in [0, 0.1) is 0 Å². The molecule has 1 saturated heterocycles. The first-order valence-electron chi connectivity index (χ1n) is 10.5. The van der Waals surface area contributed by atoms with Crippen molar-refractivity contribution in [1.29, 1.82) is 0 Å². The number of ether oxygens (including phenoxy) is 2. The zero-order valence-electron chi connectivity index (χ0n) is 18.6. The van der Waals surface area contributed by atoms with Crippen LogP contribution in [-0.2, 0) is 4.79 Å². The highest BCUT2D eigenvalue weighted by Crippen LogP contribution is 2.36. The van der Waals surface area contributed by atoms with Crippen molar-refractivity contribution in [2.75, 3.05) is 20.3 Å². The predicted molar refractivity (Wildman–Crippen MR) is 131 cm³/mol. The van der Waals surface area contributed by atoms with E-state index < -0.39 is 5.97 Å². The highest BCUT2D eigenvalue weighted by molar-refractivity contribution is 8.18. The molecular weight excluding hydrogens is 440 g/mol. The van der Waals surface area contributed by atoms with Gasteiger partial charge < -0.3 is 14.6 Å². The lowest BCUT2D eigenvalue weighted by Gasteiger charge is -2.13. The van der Waals surface area contributed by atoms with Gasteiger partial charge in [-0.05, 0) is 54.1 Å². The summed E-state index contributed by atoms with van der Waals surface area (Å²) >= 11 is 1.19. The molecule has 1 heterocycles. The van der Waals surface area contributed by atoms with Gasteiger partial charge in [0.25, 0.3) is 5.91 Å². The number of benzene rings is 2. The predicted octanol–water partition coefficient (Wildman–Crippen LogP) is 5.36. The van der Waals surface area contributed by atoms with Gasteiger partial charge >= 0.3 is 5.97 Å². The molecule has 0 aromatic heterocycles. The third-order valence-corrected chi connectivity index (χ3v) is 5.80. The summed E-state index contributed by atoms with van der Waals surface area (Å²) in [7, 11) is 1.57. The smallest absolute Gasteiger partial charge is 0.337 e. The number of carboxylic acid groups (broad SMARTS) is 1. The van der Waals surface area contributed by atoms with Gasteiger partial charge in [0.05, 0.1) is 29.9 Å². The molecular formula is C25H26N2O5S. The van der Waals surface area contributed by atoms with Gasteiger partial charge in [-0.3, -0.25) is 9.69 Å². The van der Waals surface area contributed by atoms with E-state index in [0.29, 0.717) is 28.2 Å². The van der Waals surface area contributed by atoms with Gasteiger partial charge in [0.15, 0.2) is 16.7 Å². The Morgan fingerprint density at radius 1 is 1.24 bits per heavy atom. The monoisotopic (exact) mass is 466 g/mol. The number of hydrogen-bond acceptors (Lipinski definition) is 6. The van der Waals surface area contributed by atoms with Crippen molar-refractivity contribution >= 4 is 40.6 Å². The van der Waals surface area contributed by atoms with Crippen LogP contribution in [0.3, 0.4) is 0 Å². The Kier molecular flexibility index (Phi) is 8.32. The molecule has 1 aliphatic rings. The van der Waals surface area contributed by atoms with Gasteiger partial charge in [-0.1, -0.05) is 37.6 Å². The number of unbranched alkanes of at least 4 members (excludes halogenated alkanes) is 1. The standard InChI is InChI=1S/C25H26N2O5S/c1-4-6-14-32-20-12-11-17(15-21(20)31-3)16-22-23(28)27(13-5-2)25(33-22)26-19-10-8-7-9-18(19)24(29)30/h5,7-12,15-16H,2,4,6,13-14H2,1,3H3,(H,29,30)/b22-16-,26-25?. The van der Waals surface area contributed by atoms with Crippen LogP contribution in [0.1, 0.15) is 35.7 Å². The molecule has 0 radical (unpaired) electrons. The Balaban J connectivity index is 1.92. The van der Waals surface area contributed by atoms with E-state index in [4.69, 9.17) is 9.47 Å². The van der Waals surface area contributed by atoms with Crippen molar-refractivity contribution in [3.63, 3.8) is 0 Å². The molecule has 0 aliphatic carbocycles. The fraction of sp³-hybridized carbons (Fsp3) is 0.240. The maximum Gasteiger partial charge on any atom is 0.337 e. The number of hydrogen-bond donors (Lipinski definition) is 1. The van der Waals surface area contributed by atoms with Crippen LogP contribution in [0.5, 0.6) is 11.5 Å². The van der Waals surface area contributed by atoms with Crippen molar-refractivity contribution in [2.45, 2.75) is 19.8 Å². The zero-order chi connectivity index (χ0) is 23.8. The lowest BCUT2D eigenvalue weighted by Crippen LogP contribution is -2.29. The molecule has 1 amide bonds. The minimum absolute atomic E-state index is 0.0671. The zero-order valence-corrected chi connectivity index (χ0v) is 19.4. The summed E-state index contributed by atoms with van der Waals surface area (Å²) in [5.74, 6) is -0.0696. The third-order valence-electron chi connectivity index (χ3n) is 4.79. The number of amides is 1. The van der Waals surface area contributed by atoms with Crippen LogP contribution in [0.25, 0.3) is 6.08 Å². The van der Waals surface area contributed by atoms with Crippen LogP contribution in [-0.4, -0.2) is 47.3 Å². The molecule has 0 spiro atoms. The molecule has 7 nitrogen and oxygen atoms in total. The number of aromatic carboxylic acids is 1. The summed E-state index contributed by atoms with van der Waals surface area (Å²) in [6.07, 6.45) is 5.35. The molecule has 0 saturated carbocycles. The van der Waals surface area contributed by atoms with Crippen molar-refractivity contribution < 1.29 is 24.2 Å². The van der Waals surface area contributed by atoms with Gasteiger partial charge in [0, 0.05) is 6.54 Å². The van der Waals surface area contributed by atoms with Gasteiger partial charge in [0.2, 0.25) is 0 Å². The van der Waals surface area contributed by atoms with Crippen molar-refractivity contribution in [2.24, 2.45) is 4.99 Å². The Morgan fingerprint density at radius 3 is 2.73 bits per heavy atom. The number of methoxy groups -OCH3 is 1. The Labute approximate surface area is 197 Å². The number of aliphatic imine (C=N–C) groups is 1. The number of carbonyl (C=O) groups excluding carboxylic acids is 1. The second kappa shape index (κ2) is 11.4. The van der Waals surface area contributed by atoms with Crippen LogP contribution in [0.15, 0.2) is 65.0 Å². The third kappa shape index (κ3) is 5.84. The number of thioether (sulfide) groups is 1. The van der Waals surface area contributed by atoms with Gasteiger partial charge in [-0.2, -0.15) is 0 Å². The molecule has 2 aromatic carbocycles. The first-order valence-corrected chi connectivity index (χ1v) is 11.3. The second-order valence-electron chi connectivity index (χ2n) is 7.14. The van der Waals surface area contributed by atoms with Crippen LogP contribution in [0.2, 0.25) is 0 Å². The number of carboxylic acids is 1. The second-order valence-corrected chi connectivity index (χ2v) is 8.15. The first kappa shape index (κ1) is 24.1. The molecule has 33 heavy (non-hydrogen) atoms. The van der Waals surface area contributed by atoms with Crippen LogP contribution in [0.4, 0.5) is 5.69 Å². The normalized spacial score (nSPS) is 15.8. The summed E-state index contributed by atoms with van der Waals surface area (Å²) < 4.78 is 11.2. The number of carbonyl (C=O) groups is 2. The Bertz CT molecular complexity index is 1110. The van der Waals surface area contributed by atoms with Gasteiger partial charge in [-0.15, -0.1) is 6.58 Å². The van der Waals surface area contributed by atoms with E-state index >= 15 is 0 Å². The van der Waals surface area contributed by atoms with Crippen LogP contribution < -0.4 is 9.47 Å². The molecule has 172 valence electrons. The van der Waals surface area contributed by atoms with Gasteiger partial charge in [-0.25, -0.2) is 9.79 Å². The molecule has 0 bridgehead atoms. The molecule has 0 unspecified atom stereocenters. The summed E-state index contributed by atoms with van der Waals surface area (Å²) in [4.78, 5) is 31.0. The average Bonchev–Trinajstić information content (AvgIpc) is 3.09. The average molecular weight is 467 g/mol. The lowest BCUT2D eigenvalue weighted by molar-refractivity contribution is -0.121. The highest BCUT2D eigenvalue weighted by atomic mass is 32.2. The molecule has 0 atom stereocenters. The quantitative estimate of drug-likeness (QED) is 0.288. The minimum atomic E-state index is -1.08. The lowest BCUT2D eigenvalue weighted by atomic mass is 10.2. The molecule has 8 heteroatoms. The molecule has 3 rings (SSSR count). The number of rotatable bonds is 10. The fourth-order valence-electron chi connectivity index (χ4n) is 3.11. The molecule has 2 aromatic rings. The van der Waals surface area contributed by atoms with Crippen molar-refractivity contribution in [3.8, 4) is 11.5 Å². The maximum atomic E-state index is 13.1. The number of para-hydroxylation sites is 1. The maximum absolute atomic E-state index is 13.1. The van der Waals surface area contributed by atoms with E-state index in [1.54, 1.807) is 37.5 Å². The van der Waals surface area contributed by atoms with E-state index in [0.717, 1.165) is 18.4 Å². The summed E-state index contributed by atoms with van der Waals surface area (Å²) in [5, 5.41) is 9.84. The van der Waals surface area contributed by atoms with E-state index in [2.05, 4.69) is 18.5 Å². The topological polar surface area (TPSA) is 88.4 Å². The van der Waals surface area contributed by atoms with E-state index in [-0.39, 0.29) is 23.7 Å². The largest absolute Gasteiger partial charge is 0.493 e. The van der Waals surface area contributed by atoms with E-state index in [9.17, 15) is 14.7 Å². The first-order chi connectivity index (χ1) is 16.0. The van der Waals surface area contributed by atoms with E-state index in [1.807, 2.05) is 18.2 Å². The van der Waals surface area contributed by atoms with E-state index in [1.165, 1.54) is 22.7 Å².